The molecule has 11 nitrogen and oxygen atoms in total. The number of carboxylic acid groups (broad SMARTS) is 1. The second-order valence-corrected chi connectivity index (χ2v) is 9.29. The molecule has 3 atom stereocenters. The maximum atomic E-state index is 13.3. The number of phenolic OH excluding ortho intramolecular Hbond substituents is 2. The van der Waals surface area contributed by atoms with Crippen molar-refractivity contribution in [2.75, 3.05) is 18.6 Å². The van der Waals surface area contributed by atoms with Crippen LogP contribution in [0, 0.1) is 0 Å². The number of nitrogens with one attached hydrogen (secondary N) is 3. The second-order valence-electron chi connectivity index (χ2n) is 8.31. The first-order valence-corrected chi connectivity index (χ1v) is 12.9. The topological polar surface area (TPSA) is 191 Å². The normalized spacial score (nSPS) is 13.1. The molecule has 0 spiro atoms. The van der Waals surface area contributed by atoms with E-state index in [9.17, 15) is 34.5 Å². The lowest BCUT2D eigenvalue weighted by Gasteiger charge is -2.25. The average Bonchev–Trinajstić information content (AvgIpc) is 2.87. The van der Waals surface area contributed by atoms with Crippen LogP contribution in [0.3, 0.4) is 0 Å². The molecule has 0 radical (unpaired) electrons. The van der Waals surface area contributed by atoms with Gasteiger partial charge in [-0.2, -0.15) is 11.8 Å². The first-order valence-electron chi connectivity index (χ1n) is 11.5. The van der Waals surface area contributed by atoms with Gasteiger partial charge in [0, 0.05) is 12.8 Å². The minimum Gasteiger partial charge on any atom is -0.508 e. The SMILES string of the molecule is CSCCC(NC(=O)C(Cc1ccc(O)cc1)NC(=O)C(Cc1ccc(O)cc1)NC(=O)CN)C(=O)O. The van der Waals surface area contributed by atoms with Gasteiger partial charge in [-0.3, -0.25) is 14.4 Å². The summed E-state index contributed by atoms with van der Waals surface area (Å²) in [5.74, 6) is -2.59. The highest BCUT2D eigenvalue weighted by Gasteiger charge is 2.29. The standard InChI is InChI=1S/C25H32N4O7S/c1-37-11-10-19(25(35)36)28-24(34)21(13-16-4-8-18(31)9-5-16)29-23(33)20(27-22(32)14-26)12-15-2-6-17(30)7-3-15/h2-9,19-21,30-31H,10-14,26H2,1H3,(H,27,32)(H,28,34)(H,29,33)(H,35,36). The van der Waals surface area contributed by atoms with Gasteiger partial charge in [-0.15, -0.1) is 0 Å². The minimum absolute atomic E-state index is 0.00346. The molecule has 0 saturated carbocycles. The Morgan fingerprint density at radius 3 is 1.62 bits per heavy atom. The molecule has 37 heavy (non-hydrogen) atoms. The Kier molecular flexibility index (Phi) is 11.7. The lowest BCUT2D eigenvalue weighted by atomic mass is 10.0. The van der Waals surface area contributed by atoms with Crippen LogP contribution in [0.1, 0.15) is 17.5 Å². The Morgan fingerprint density at radius 1 is 0.784 bits per heavy atom. The van der Waals surface area contributed by atoms with Crippen molar-refractivity contribution in [2.24, 2.45) is 5.73 Å². The molecule has 8 N–H and O–H groups in total. The summed E-state index contributed by atoms with van der Waals surface area (Å²) in [5, 5.41) is 36.2. The van der Waals surface area contributed by atoms with Gasteiger partial charge in [0.1, 0.15) is 29.6 Å². The van der Waals surface area contributed by atoms with Gasteiger partial charge in [0.2, 0.25) is 17.7 Å². The van der Waals surface area contributed by atoms with E-state index in [1.54, 1.807) is 24.3 Å². The molecule has 2 rings (SSSR count). The molecule has 200 valence electrons. The zero-order chi connectivity index (χ0) is 27.4. The van der Waals surface area contributed by atoms with E-state index in [1.165, 1.54) is 36.0 Å². The Labute approximate surface area is 218 Å². The monoisotopic (exact) mass is 532 g/mol. The third kappa shape index (κ3) is 10.0. The maximum absolute atomic E-state index is 13.3. The molecule has 0 bridgehead atoms. The van der Waals surface area contributed by atoms with E-state index >= 15 is 0 Å². The number of nitrogens with two attached hydrogens (primary N) is 1. The van der Waals surface area contributed by atoms with Crippen molar-refractivity contribution in [3.05, 3.63) is 59.7 Å². The number of carboxylic acids is 1. The zero-order valence-electron chi connectivity index (χ0n) is 20.3. The van der Waals surface area contributed by atoms with Gasteiger partial charge in [-0.05, 0) is 53.8 Å². The van der Waals surface area contributed by atoms with E-state index in [0.717, 1.165) is 0 Å². The van der Waals surface area contributed by atoms with Gasteiger partial charge >= 0.3 is 5.97 Å². The van der Waals surface area contributed by atoms with E-state index in [2.05, 4.69) is 16.0 Å². The number of rotatable bonds is 14. The van der Waals surface area contributed by atoms with Crippen LogP contribution < -0.4 is 21.7 Å². The molecule has 0 aliphatic heterocycles. The molecule has 0 fully saturated rings. The van der Waals surface area contributed by atoms with E-state index in [-0.39, 0.29) is 37.3 Å². The van der Waals surface area contributed by atoms with Crippen molar-refractivity contribution < 1.29 is 34.5 Å². The Hall–Kier alpha value is -3.77. The summed E-state index contributed by atoms with van der Waals surface area (Å²) in [6, 6.07) is 8.66. The first-order chi connectivity index (χ1) is 17.6. The lowest BCUT2D eigenvalue weighted by Crippen LogP contribution is -2.57. The van der Waals surface area contributed by atoms with Gasteiger partial charge < -0.3 is 37.0 Å². The highest BCUT2D eigenvalue weighted by atomic mass is 32.2. The van der Waals surface area contributed by atoms with Crippen molar-refractivity contribution in [3.8, 4) is 11.5 Å². The van der Waals surface area contributed by atoms with Gasteiger partial charge in [0.05, 0.1) is 6.54 Å². The predicted octanol–water partition coefficient (Wildman–Crippen LogP) is 0.134. The quantitative estimate of drug-likeness (QED) is 0.177. The number of thioether (sulfide) groups is 1. The largest absolute Gasteiger partial charge is 0.508 e. The van der Waals surface area contributed by atoms with Gasteiger partial charge in [-0.25, -0.2) is 4.79 Å². The summed E-state index contributed by atoms with van der Waals surface area (Å²) in [7, 11) is 0. The molecule has 0 saturated heterocycles. The molecule has 2 aromatic carbocycles. The molecule has 0 aliphatic rings. The zero-order valence-corrected chi connectivity index (χ0v) is 21.2. The Balaban J connectivity index is 2.27. The van der Waals surface area contributed by atoms with E-state index in [1.807, 2.05) is 6.26 Å². The molecule has 3 amide bonds. The number of hydrogen-bond acceptors (Lipinski definition) is 8. The smallest absolute Gasteiger partial charge is 0.326 e. The van der Waals surface area contributed by atoms with E-state index < -0.39 is 41.8 Å². The summed E-state index contributed by atoms with van der Waals surface area (Å²) in [4.78, 5) is 50.1. The van der Waals surface area contributed by atoms with Crippen molar-refractivity contribution in [2.45, 2.75) is 37.4 Å². The van der Waals surface area contributed by atoms with Gasteiger partial charge in [0.25, 0.3) is 0 Å². The molecular formula is C25H32N4O7S. The fourth-order valence-corrected chi connectivity index (χ4v) is 3.92. The molecule has 0 aliphatic carbocycles. The van der Waals surface area contributed by atoms with Crippen LogP contribution >= 0.6 is 11.8 Å². The lowest BCUT2D eigenvalue weighted by molar-refractivity contribution is -0.142. The van der Waals surface area contributed by atoms with Crippen LogP contribution in [-0.4, -0.2) is 75.7 Å². The number of aromatic hydroxyl groups is 2. The van der Waals surface area contributed by atoms with Crippen LogP contribution in [0.2, 0.25) is 0 Å². The second kappa shape index (κ2) is 14.7. The van der Waals surface area contributed by atoms with Crippen LogP contribution in [0.25, 0.3) is 0 Å². The third-order valence-corrected chi connectivity index (χ3v) is 6.09. The number of carbonyl (C=O) groups excluding carboxylic acids is 3. The first kappa shape index (κ1) is 29.5. The van der Waals surface area contributed by atoms with Crippen molar-refractivity contribution in [1.29, 1.82) is 0 Å². The van der Waals surface area contributed by atoms with Crippen LogP contribution in [0.5, 0.6) is 11.5 Å². The highest BCUT2D eigenvalue weighted by molar-refractivity contribution is 7.98. The van der Waals surface area contributed by atoms with E-state index in [0.29, 0.717) is 16.9 Å². The highest BCUT2D eigenvalue weighted by Crippen LogP contribution is 2.14. The van der Waals surface area contributed by atoms with Crippen LogP contribution in [0.4, 0.5) is 0 Å². The van der Waals surface area contributed by atoms with Gasteiger partial charge in [-0.1, -0.05) is 24.3 Å². The molecule has 2 aromatic rings. The Bertz CT molecular complexity index is 1060. The predicted molar refractivity (Wildman–Crippen MR) is 139 cm³/mol. The summed E-state index contributed by atoms with van der Waals surface area (Å²) in [5.41, 5.74) is 6.65. The molecule has 0 heterocycles. The van der Waals surface area contributed by atoms with Gasteiger partial charge in [0.15, 0.2) is 0 Å². The third-order valence-electron chi connectivity index (χ3n) is 5.45. The van der Waals surface area contributed by atoms with Crippen molar-refractivity contribution in [3.63, 3.8) is 0 Å². The van der Waals surface area contributed by atoms with Crippen molar-refractivity contribution in [1.82, 2.24) is 16.0 Å². The summed E-state index contributed by atoms with van der Waals surface area (Å²) in [6.07, 6.45) is 2.07. The Morgan fingerprint density at radius 2 is 1.22 bits per heavy atom. The molecule has 0 aromatic heterocycles. The number of carbonyl (C=O) groups is 4. The molecule has 12 heteroatoms. The summed E-state index contributed by atoms with van der Waals surface area (Å²) < 4.78 is 0. The number of amides is 3. The minimum atomic E-state index is -1.20. The molecule has 3 unspecified atom stereocenters. The fraction of sp³-hybridized carbons (Fsp3) is 0.360. The van der Waals surface area contributed by atoms with Crippen LogP contribution in [0.15, 0.2) is 48.5 Å². The number of aliphatic carboxylic acids is 1. The maximum Gasteiger partial charge on any atom is 0.326 e. The summed E-state index contributed by atoms with van der Waals surface area (Å²) in [6.45, 7) is -0.355. The number of phenols is 2. The van der Waals surface area contributed by atoms with E-state index in [4.69, 9.17) is 5.73 Å². The number of benzene rings is 2. The average molecular weight is 533 g/mol. The molecular weight excluding hydrogens is 500 g/mol. The van der Waals surface area contributed by atoms with Crippen LogP contribution in [-0.2, 0) is 32.0 Å². The van der Waals surface area contributed by atoms with Crippen molar-refractivity contribution >= 4 is 35.5 Å². The fourth-order valence-electron chi connectivity index (χ4n) is 3.44. The summed E-state index contributed by atoms with van der Waals surface area (Å²) >= 11 is 1.44. The number of hydrogen-bond donors (Lipinski definition) is 7.